The molecule has 34 heavy (non-hydrogen) atoms. The van der Waals surface area contributed by atoms with Crippen molar-refractivity contribution in [2.75, 3.05) is 20.5 Å². The van der Waals surface area contributed by atoms with Crippen LogP contribution in [0.5, 0.6) is 0 Å². The Balaban J connectivity index is 1.67. The average molecular weight is 465 g/mol. The Morgan fingerprint density at radius 1 is 0.794 bits per heavy atom. The number of ether oxygens (including phenoxy) is 4. The molecule has 6 heteroatoms. The monoisotopic (exact) mass is 464 g/mol. The van der Waals surface area contributed by atoms with Crippen molar-refractivity contribution in [1.82, 2.24) is 0 Å². The number of rotatable bonds is 10. The van der Waals surface area contributed by atoms with Gasteiger partial charge in [-0.2, -0.15) is 0 Å². The summed E-state index contributed by atoms with van der Waals surface area (Å²) in [6, 6.07) is 30.0. The second-order valence-electron chi connectivity index (χ2n) is 8.49. The summed E-state index contributed by atoms with van der Waals surface area (Å²) in [6.45, 7) is 1.92. The number of aliphatic hydroxyl groups is 2. The maximum Gasteiger partial charge on any atom is 0.146 e. The zero-order valence-electron chi connectivity index (χ0n) is 19.5. The summed E-state index contributed by atoms with van der Waals surface area (Å²) in [5.41, 5.74) is 1.92. The molecule has 0 spiro atoms. The second-order valence-corrected chi connectivity index (χ2v) is 8.49. The lowest BCUT2D eigenvalue weighted by atomic mass is 9.80. The standard InChI is InChI=1S/C28H32O6/c1-20(32-19-31-2)27-26(30)25(29)24(34-27)18-33-28(21-12-6-3-7-13-21,22-14-8-4-9-15-22)23-16-10-5-11-17-23/h3-17,20,24-27,29-30H,18-19H2,1-2H3/t20-,24+,25-,26+,27-/m0/s1. The smallest absolute Gasteiger partial charge is 0.146 e. The summed E-state index contributed by atoms with van der Waals surface area (Å²) in [7, 11) is 1.53. The first-order valence-electron chi connectivity index (χ1n) is 11.5. The molecule has 6 nitrogen and oxygen atoms in total. The third-order valence-electron chi connectivity index (χ3n) is 6.32. The minimum absolute atomic E-state index is 0.0599. The van der Waals surface area contributed by atoms with Gasteiger partial charge in [-0.05, 0) is 23.6 Å². The molecule has 0 bridgehead atoms. The van der Waals surface area contributed by atoms with Crippen molar-refractivity contribution in [2.45, 2.75) is 43.0 Å². The molecule has 0 radical (unpaired) electrons. The number of hydrogen-bond donors (Lipinski definition) is 2. The highest BCUT2D eigenvalue weighted by Gasteiger charge is 2.47. The van der Waals surface area contributed by atoms with Crippen LogP contribution in [0.2, 0.25) is 0 Å². The lowest BCUT2D eigenvalue weighted by molar-refractivity contribution is -0.142. The van der Waals surface area contributed by atoms with Crippen LogP contribution in [0.25, 0.3) is 0 Å². The summed E-state index contributed by atoms with van der Waals surface area (Å²) in [6.07, 6.45) is -4.10. The Hall–Kier alpha value is -2.58. The molecule has 4 rings (SSSR count). The number of hydrogen-bond acceptors (Lipinski definition) is 6. The van der Waals surface area contributed by atoms with Crippen LogP contribution in [0.1, 0.15) is 23.6 Å². The summed E-state index contributed by atoms with van der Waals surface area (Å²) in [4.78, 5) is 0. The molecule has 1 heterocycles. The quantitative estimate of drug-likeness (QED) is 0.353. The van der Waals surface area contributed by atoms with E-state index in [0.717, 1.165) is 16.7 Å². The third kappa shape index (κ3) is 4.93. The van der Waals surface area contributed by atoms with Crippen LogP contribution in [-0.2, 0) is 24.5 Å². The van der Waals surface area contributed by atoms with Crippen molar-refractivity contribution >= 4 is 0 Å². The molecular formula is C28H32O6. The van der Waals surface area contributed by atoms with Crippen LogP contribution in [0, 0.1) is 0 Å². The minimum atomic E-state index is -1.11. The lowest BCUT2D eigenvalue weighted by Gasteiger charge is -2.37. The Kier molecular flexibility index (Phi) is 8.11. The summed E-state index contributed by atoms with van der Waals surface area (Å²) >= 11 is 0. The Bertz CT molecular complexity index is 901. The van der Waals surface area contributed by atoms with Gasteiger partial charge in [-0.15, -0.1) is 0 Å². The molecule has 0 aromatic heterocycles. The van der Waals surface area contributed by atoms with E-state index in [9.17, 15) is 10.2 Å². The van der Waals surface area contributed by atoms with Gasteiger partial charge in [0.1, 0.15) is 36.8 Å². The van der Waals surface area contributed by atoms with Crippen molar-refractivity contribution in [2.24, 2.45) is 0 Å². The topological polar surface area (TPSA) is 77.4 Å². The van der Waals surface area contributed by atoms with Crippen LogP contribution in [0.15, 0.2) is 91.0 Å². The molecule has 1 saturated heterocycles. The highest BCUT2D eigenvalue weighted by atomic mass is 16.7. The molecule has 2 N–H and O–H groups in total. The molecule has 3 aromatic rings. The highest BCUT2D eigenvalue weighted by molar-refractivity contribution is 5.47. The number of aliphatic hydroxyl groups excluding tert-OH is 2. The van der Waals surface area contributed by atoms with Crippen molar-refractivity contribution in [1.29, 1.82) is 0 Å². The fourth-order valence-electron chi connectivity index (χ4n) is 4.55. The third-order valence-corrected chi connectivity index (χ3v) is 6.32. The van der Waals surface area contributed by atoms with Gasteiger partial charge >= 0.3 is 0 Å². The molecule has 0 aliphatic carbocycles. The second kappa shape index (κ2) is 11.2. The van der Waals surface area contributed by atoms with E-state index in [0.29, 0.717) is 0 Å². The first-order chi connectivity index (χ1) is 16.6. The number of methoxy groups -OCH3 is 1. The van der Waals surface area contributed by atoms with Crippen LogP contribution >= 0.6 is 0 Å². The van der Waals surface area contributed by atoms with Gasteiger partial charge in [0, 0.05) is 7.11 Å². The largest absolute Gasteiger partial charge is 0.388 e. The maximum absolute atomic E-state index is 10.8. The van der Waals surface area contributed by atoms with Crippen molar-refractivity contribution in [3.8, 4) is 0 Å². The molecule has 1 aliphatic rings. The molecule has 0 unspecified atom stereocenters. The fourth-order valence-corrected chi connectivity index (χ4v) is 4.55. The lowest BCUT2D eigenvalue weighted by Crippen LogP contribution is -2.40. The Morgan fingerprint density at radius 2 is 1.26 bits per heavy atom. The van der Waals surface area contributed by atoms with E-state index in [1.165, 1.54) is 7.11 Å². The van der Waals surface area contributed by atoms with Gasteiger partial charge in [0.05, 0.1) is 12.7 Å². The van der Waals surface area contributed by atoms with Crippen molar-refractivity contribution in [3.05, 3.63) is 108 Å². The first-order valence-corrected chi connectivity index (χ1v) is 11.5. The maximum atomic E-state index is 10.8. The van der Waals surface area contributed by atoms with Crippen LogP contribution in [0.4, 0.5) is 0 Å². The first kappa shape index (κ1) is 24.5. The summed E-state index contributed by atoms with van der Waals surface area (Å²) in [5, 5.41) is 21.4. The number of benzene rings is 3. The van der Waals surface area contributed by atoms with E-state index >= 15 is 0 Å². The van der Waals surface area contributed by atoms with Crippen molar-refractivity contribution < 1.29 is 29.2 Å². The molecule has 5 atom stereocenters. The molecule has 180 valence electrons. The van der Waals surface area contributed by atoms with Gasteiger partial charge in [-0.3, -0.25) is 0 Å². The van der Waals surface area contributed by atoms with E-state index in [1.54, 1.807) is 6.92 Å². The van der Waals surface area contributed by atoms with Gasteiger partial charge in [-0.25, -0.2) is 0 Å². The van der Waals surface area contributed by atoms with Crippen LogP contribution in [-0.4, -0.2) is 61.2 Å². The van der Waals surface area contributed by atoms with E-state index in [1.807, 2.05) is 91.0 Å². The molecular weight excluding hydrogens is 432 g/mol. The van der Waals surface area contributed by atoms with E-state index in [-0.39, 0.29) is 13.4 Å². The zero-order valence-corrected chi connectivity index (χ0v) is 19.5. The predicted octanol–water partition coefficient (Wildman–Crippen LogP) is 3.49. The molecule has 0 amide bonds. The molecule has 3 aromatic carbocycles. The highest BCUT2D eigenvalue weighted by Crippen LogP contribution is 2.41. The van der Waals surface area contributed by atoms with Crippen LogP contribution < -0.4 is 0 Å². The summed E-state index contributed by atoms with van der Waals surface area (Å²) < 4.78 is 23.3. The average Bonchev–Trinajstić information content (AvgIpc) is 3.18. The molecule has 1 aliphatic heterocycles. The van der Waals surface area contributed by atoms with Crippen molar-refractivity contribution in [3.63, 3.8) is 0 Å². The summed E-state index contributed by atoms with van der Waals surface area (Å²) in [5.74, 6) is 0. The van der Waals surface area contributed by atoms with E-state index in [2.05, 4.69) is 0 Å². The van der Waals surface area contributed by atoms with Gasteiger partial charge in [0.2, 0.25) is 0 Å². The van der Waals surface area contributed by atoms with E-state index in [4.69, 9.17) is 18.9 Å². The van der Waals surface area contributed by atoms with Gasteiger partial charge in [0.15, 0.2) is 0 Å². The molecule has 1 fully saturated rings. The minimum Gasteiger partial charge on any atom is -0.388 e. The normalized spacial score (nSPS) is 23.6. The predicted molar refractivity (Wildman–Crippen MR) is 128 cm³/mol. The SMILES string of the molecule is COCO[C@@H](C)[C@@H]1O[C@H](COC(c2ccccc2)(c2ccccc2)c2ccccc2)[C@H](O)[C@H]1O. The Labute approximate surface area is 200 Å². The van der Waals surface area contributed by atoms with Gasteiger partial charge in [-0.1, -0.05) is 91.0 Å². The fraction of sp³-hybridized carbons (Fsp3) is 0.357. The van der Waals surface area contributed by atoms with Gasteiger partial charge < -0.3 is 29.2 Å². The zero-order chi connectivity index (χ0) is 24.0. The van der Waals surface area contributed by atoms with Crippen LogP contribution in [0.3, 0.4) is 0 Å². The van der Waals surface area contributed by atoms with Gasteiger partial charge in [0.25, 0.3) is 0 Å². The Morgan fingerprint density at radius 3 is 1.71 bits per heavy atom. The molecule has 0 saturated carbocycles. The van der Waals surface area contributed by atoms with E-state index < -0.39 is 36.1 Å².